The Morgan fingerprint density at radius 3 is 2.48 bits per heavy atom. The summed E-state index contributed by atoms with van der Waals surface area (Å²) in [6, 6.07) is 14.3. The summed E-state index contributed by atoms with van der Waals surface area (Å²) in [7, 11) is -3.63. The first-order chi connectivity index (χ1) is 12.8. The van der Waals surface area contributed by atoms with E-state index in [1.54, 1.807) is 30.3 Å². The van der Waals surface area contributed by atoms with Gasteiger partial charge in [-0.1, -0.05) is 53.2 Å². The van der Waals surface area contributed by atoms with Gasteiger partial charge in [0.25, 0.3) is 0 Å². The highest BCUT2D eigenvalue weighted by atomic mass is 79.9. The quantitative estimate of drug-likeness (QED) is 0.643. The first-order valence-corrected chi connectivity index (χ1v) is 11.0. The Labute approximate surface area is 167 Å². The van der Waals surface area contributed by atoms with E-state index >= 15 is 0 Å². The minimum atomic E-state index is -3.63. The van der Waals surface area contributed by atoms with Crippen molar-refractivity contribution in [1.82, 2.24) is 5.32 Å². The zero-order valence-electron chi connectivity index (χ0n) is 14.9. The number of anilines is 1. The second kappa shape index (κ2) is 9.66. The van der Waals surface area contributed by atoms with Crippen LogP contribution in [0.1, 0.15) is 18.1 Å². The summed E-state index contributed by atoms with van der Waals surface area (Å²) in [5.41, 5.74) is 2.25. The highest BCUT2D eigenvalue weighted by Gasteiger charge is 2.18. The number of benzene rings is 2. The number of amides is 2. The second-order valence-corrected chi connectivity index (χ2v) is 8.98. The van der Waals surface area contributed by atoms with E-state index in [1.807, 2.05) is 25.1 Å². The molecule has 144 valence electrons. The molecule has 0 saturated heterocycles. The summed E-state index contributed by atoms with van der Waals surface area (Å²) in [6.07, 6.45) is 0.761. The fourth-order valence-electron chi connectivity index (χ4n) is 2.51. The SMILES string of the molecule is CCc1ccccc1NC(=O)CNC(=O)CS(=O)(=O)Cc1cccc(Br)c1. The maximum atomic E-state index is 12.2. The smallest absolute Gasteiger partial charge is 0.243 e. The van der Waals surface area contributed by atoms with E-state index in [0.29, 0.717) is 11.3 Å². The predicted octanol–water partition coefficient (Wildman–Crippen LogP) is 2.68. The molecule has 0 unspecified atom stereocenters. The van der Waals surface area contributed by atoms with E-state index < -0.39 is 27.4 Å². The van der Waals surface area contributed by atoms with Crippen LogP contribution in [0.25, 0.3) is 0 Å². The molecule has 0 saturated carbocycles. The summed E-state index contributed by atoms with van der Waals surface area (Å²) in [6.45, 7) is 1.69. The minimum absolute atomic E-state index is 0.240. The molecule has 0 bridgehead atoms. The number of carbonyl (C=O) groups excluding carboxylic acids is 2. The zero-order chi connectivity index (χ0) is 19.9. The van der Waals surface area contributed by atoms with Crippen molar-refractivity contribution in [3.63, 3.8) is 0 Å². The highest BCUT2D eigenvalue weighted by molar-refractivity contribution is 9.10. The van der Waals surface area contributed by atoms with E-state index in [-0.39, 0.29) is 12.3 Å². The first kappa shape index (κ1) is 21.1. The number of carbonyl (C=O) groups is 2. The number of rotatable bonds is 8. The molecular formula is C19H21BrN2O4S. The Hall–Kier alpha value is -2.19. The number of hydrogen-bond acceptors (Lipinski definition) is 4. The van der Waals surface area contributed by atoms with Crippen LogP contribution in [-0.4, -0.2) is 32.5 Å². The molecule has 0 spiro atoms. The standard InChI is InChI=1S/C19H21BrN2O4S/c1-2-15-7-3-4-9-17(15)22-18(23)11-21-19(24)13-27(25,26)12-14-6-5-8-16(20)10-14/h3-10H,2,11-13H2,1H3,(H,21,24)(H,22,23). The molecule has 0 heterocycles. The Morgan fingerprint density at radius 1 is 1.04 bits per heavy atom. The van der Waals surface area contributed by atoms with Gasteiger partial charge in [-0.2, -0.15) is 0 Å². The van der Waals surface area contributed by atoms with E-state index in [4.69, 9.17) is 0 Å². The zero-order valence-corrected chi connectivity index (χ0v) is 17.3. The average Bonchev–Trinajstić information content (AvgIpc) is 2.59. The van der Waals surface area contributed by atoms with E-state index in [1.165, 1.54) is 0 Å². The van der Waals surface area contributed by atoms with Crippen LogP contribution in [0.3, 0.4) is 0 Å². The van der Waals surface area contributed by atoms with Crippen molar-refractivity contribution in [3.05, 3.63) is 64.1 Å². The first-order valence-electron chi connectivity index (χ1n) is 8.38. The Balaban J connectivity index is 1.85. The molecular weight excluding hydrogens is 432 g/mol. The molecule has 27 heavy (non-hydrogen) atoms. The summed E-state index contributed by atoms with van der Waals surface area (Å²) in [5.74, 6) is -2.02. The fraction of sp³-hybridized carbons (Fsp3) is 0.263. The van der Waals surface area contributed by atoms with Gasteiger partial charge in [0.2, 0.25) is 11.8 Å². The molecule has 0 aliphatic carbocycles. The fourth-order valence-corrected chi connectivity index (χ4v) is 4.24. The molecule has 0 radical (unpaired) electrons. The lowest BCUT2D eigenvalue weighted by molar-refractivity contribution is -0.122. The van der Waals surface area contributed by atoms with Gasteiger partial charge in [0, 0.05) is 10.2 Å². The molecule has 0 aromatic heterocycles. The van der Waals surface area contributed by atoms with Crippen molar-refractivity contribution in [2.24, 2.45) is 0 Å². The van der Waals surface area contributed by atoms with Crippen LogP contribution in [0.5, 0.6) is 0 Å². The van der Waals surface area contributed by atoms with Gasteiger partial charge >= 0.3 is 0 Å². The largest absolute Gasteiger partial charge is 0.346 e. The maximum absolute atomic E-state index is 12.2. The van der Waals surface area contributed by atoms with E-state index in [2.05, 4.69) is 26.6 Å². The highest BCUT2D eigenvalue weighted by Crippen LogP contribution is 2.15. The number of sulfone groups is 1. The summed E-state index contributed by atoms with van der Waals surface area (Å²) in [5, 5.41) is 5.07. The van der Waals surface area contributed by atoms with Crippen molar-refractivity contribution >= 4 is 43.3 Å². The van der Waals surface area contributed by atoms with Crippen LogP contribution < -0.4 is 10.6 Å². The van der Waals surface area contributed by atoms with Gasteiger partial charge in [-0.05, 0) is 35.7 Å². The molecule has 0 fully saturated rings. The molecule has 2 aromatic rings. The Morgan fingerprint density at radius 2 is 1.78 bits per heavy atom. The van der Waals surface area contributed by atoms with E-state index in [9.17, 15) is 18.0 Å². The third kappa shape index (κ3) is 7.15. The van der Waals surface area contributed by atoms with Crippen LogP contribution in [0.4, 0.5) is 5.69 Å². The molecule has 0 aliphatic rings. The number of nitrogens with one attached hydrogen (secondary N) is 2. The van der Waals surface area contributed by atoms with Gasteiger partial charge in [0.15, 0.2) is 9.84 Å². The van der Waals surface area contributed by atoms with Crippen molar-refractivity contribution in [3.8, 4) is 0 Å². The summed E-state index contributed by atoms with van der Waals surface area (Å²) < 4.78 is 25.1. The van der Waals surface area contributed by atoms with Gasteiger partial charge in [0.05, 0.1) is 12.3 Å². The maximum Gasteiger partial charge on any atom is 0.243 e. The molecule has 2 N–H and O–H groups in total. The molecule has 2 rings (SSSR count). The van der Waals surface area contributed by atoms with Crippen LogP contribution >= 0.6 is 15.9 Å². The molecule has 0 atom stereocenters. The third-order valence-electron chi connectivity index (χ3n) is 3.75. The van der Waals surface area contributed by atoms with Gasteiger partial charge in [-0.15, -0.1) is 0 Å². The van der Waals surface area contributed by atoms with Gasteiger partial charge in [-0.3, -0.25) is 9.59 Å². The lowest BCUT2D eigenvalue weighted by Crippen LogP contribution is -2.36. The van der Waals surface area contributed by atoms with Gasteiger partial charge in [-0.25, -0.2) is 8.42 Å². The van der Waals surface area contributed by atoms with Crippen molar-refractivity contribution < 1.29 is 18.0 Å². The molecule has 2 aromatic carbocycles. The molecule has 6 nitrogen and oxygen atoms in total. The van der Waals surface area contributed by atoms with Crippen LogP contribution in [0, 0.1) is 0 Å². The number of hydrogen-bond donors (Lipinski definition) is 2. The second-order valence-electron chi connectivity index (χ2n) is 6.00. The number of halogens is 1. The Bertz CT molecular complexity index is 929. The lowest BCUT2D eigenvalue weighted by atomic mass is 10.1. The number of para-hydroxylation sites is 1. The predicted molar refractivity (Wildman–Crippen MR) is 109 cm³/mol. The third-order valence-corrected chi connectivity index (χ3v) is 5.71. The topological polar surface area (TPSA) is 92.3 Å². The van der Waals surface area contributed by atoms with Crippen molar-refractivity contribution in [2.75, 3.05) is 17.6 Å². The summed E-state index contributed by atoms with van der Waals surface area (Å²) >= 11 is 3.28. The van der Waals surface area contributed by atoms with Gasteiger partial charge in [0.1, 0.15) is 5.75 Å². The van der Waals surface area contributed by atoms with Crippen molar-refractivity contribution in [1.29, 1.82) is 0 Å². The minimum Gasteiger partial charge on any atom is -0.346 e. The summed E-state index contributed by atoms with van der Waals surface area (Å²) in [4.78, 5) is 23.9. The van der Waals surface area contributed by atoms with Crippen LogP contribution in [-0.2, 0) is 31.6 Å². The van der Waals surface area contributed by atoms with Crippen molar-refractivity contribution in [2.45, 2.75) is 19.1 Å². The lowest BCUT2D eigenvalue weighted by Gasteiger charge is -2.10. The number of aryl methyl sites for hydroxylation is 1. The molecule has 2 amide bonds. The van der Waals surface area contributed by atoms with Crippen LogP contribution in [0.2, 0.25) is 0 Å². The van der Waals surface area contributed by atoms with E-state index in [0.717, 1.165) is 16.5 Å². The molecule has 8 heteroatoms. The normalized spacial score (nSPS) is 11.0. The van der Waals surface area contributed by atoms with Crippen LogP contribution in [0.15, 0.2) is 53.0 Å². The molecule has 0 aliphatic heterocycles. The average molecular weight is 453 g/mol. The van der Waals surface area contributed by atoms with Gasteiger partial charge < -0.3 is 10.6 Å². The monoisotopic (exact) mass is 452 g/mol. The Kier molecular flexibility index (Phi) is 7.55.